The molecule has 4 rings (SSSR count). The highest BCUT2D eigenvalue weighted by molar-refractivity contribution is 6.07. The Balaban J connectivity index is 1.74. The number of rotatable bonds is 3. The van der Waals surface area contributed by atoms with Gasteiger partial charge in [-0.25, -0.2) is 0 Å². The van der Waals surface area contributed by atoms with Gasteiger partial charge in [-0.3, -0.25) is 14.3 Å². The van der Waals surface area contributed by atoms with Gasteiger partial charge in [0.25, 0.3) is 11.5 Å². The minimum Gasteiger partial charge on any atom is -0.353 e. The summed E-state index contributed by atoms with van der Waals surface area (Å²) < 4.78 is 3.28. The number of carbonyl (C=O) groups is 1. The van der Waals surface area contributed by atoms with E-state index in [0.29, 0.717) is 5.69 Å². The van der Waals surface area contributed by atoms with Gasteiger partial charge in [0.05, 0.1) is 11.2 Å². The molecule has 1 aliphatic heterocycles. The molecule has 1 amide bonds. The highest BCUT2D eigenvalue weighted by atomic mass is 16.2. The van der Waals surface area contributed by atoms with Crippen molar-refractivity contribution in [1.82, 2.24) is 14.3 Å². The predicted molar refractivity (Wildman–Crippen MR) is 107 cm³/mol. The third-order valence-electron chi connectivity index (χ3n) is 5.34. The van der Waals surface area contributed by atoms with Crippen LogP contribution in [-0.4, -0.2) is 33.3 Å². The van der Waals surface area contributed by atoms with Crippen molar-refractivity contribution in [3.05, 3.63) is 51.9 Å². The zero-order chi connectivity index (χ0) is 19.1. The van der Waals surface area contributed by atoms with Crippen molar-refractivity contribution in [2.75, 3.05) is 23.3 Å². The molecular formula is C20H23N5O2. The van der Waals surface area contributed by atoms with Gasteiger partial charge < -0.3 is 14.8 Å². The number of fused-ring (bicyclic) bond motifs is 1. The fourth-order valence-electron chi connectivity index (χ4n) is 3.65. The molecule has 3 aromatic rings. The molecule has 7 heteroatoms. The van der Waals surface area contributed by atoms with E-state index < -0.39 is 5.91 Å². The van der Waals surface area contributed by atoms with Crippen molar-refractivity contribution in [2.45, 2.75) is 19.8 Å². The average molecular weight is 365 g/mol. The van der Waals surface area contributed by atoms with Crippen molar-refractivity contribution < 1.29 is 4.79 Å². The van der Waals surface area contributed by atoms with E-state index in [1.807, 2.05) is 38.2 Å². The Morgan fingerprint density at radius 1 is 1.15 bits per heavy atom. The number of nitrogens with zero attached hydrogens (tertiary/aromatic N) is 4. The molecule has 7 nitrogen and oxygen atoms in total. The minimum atomic E-state index is -0.405. The first-order valence-corrected chi connectivity index (χ1v) is 9.16. The summed E-state index contributed by atoms with van der Waals surface area (Å²) in [6.07, 6.45) is 2.24. The first kappa shape index (κ1) is 17.3. The highest BCUT2D eigenvalue weighted by Gasteiger charge is 2.24. The van der Waals surface area contributed by atoms with Crippen molar-refractivity contribution in [1.29, 1.82) is 0 Å². The molecule has 0 radical (unpaired) electrons. The van der Waals surface area contributed by atoms with Crippen LogP contribution in [0.3, 0.4) is 0 Å². The van der Waals surface area contributed by atoms with Crippen LogP contribution in [-0.2, 0) is 14.1 Å². The third-order valence-corrected chi connectivity index (χ3v) is 5.34. The number of hydrogen-bond acceptors (Lipinski definition) is 4. The van der Waals surface area contributed by atoms with Gasteiger partial charge in [0.15, 0.2) is 5.82 Å². The maximum absolute atomic E-state index is 13.0. The average Bonchev–Trinajstić information content (AvgIpc) is 3.29. The van der Waals surface area contributed by atoms with E-state index in [4.69, 9.17) is 0 Å². The summed E-state index contributed by atoms with van der Waals surface area (Å²) in [4.78, 5) is 27.9. The number of benzene rings is 1. The number of anilines is 2. The molecule has 140 valence electrons. The number of amides is 1. The van der Waals surface area contributed by atoms with Crippen molar-refractivity contribution in [2.24, 2.45) is 14.1 Å². The van der Waals surface area contributed by atoms with Gasteiger partial charge in [-0.05, 0) is 37.3 Å². The quantitative estimate of drug-likeness (QED) is 0.774. The van der Waals surface area contributed by atoms with Gasteiger partial charge in [0.2, 0.25) is 0 Å². The Hall–Kier alpha value is -3.09. The molecule has 0 spiro atoms. The maximum atomic E-state index is 13.0. The number of carbonyl (C=O) groups excluding carboxylic acids is 1. The maximum Gasteiger partial charge on any atom is 0.263 e. The van der Waals surface area contributed by atoms with E-state index in [0.717, 1.165) is 48.3 Å². The Bertz CT molecular complexity index is 1090. The normalized spacial score (nSPS) is 14.1. The molecule has 0 aliphatic carbocycles. The highest BCUT2D eigenvalue weighted by Crippen LogP contribution is 2.30. The van der Waals surface area contributed by atoms with Gasteiger partial charge in [-0.2, -0.15) is 5.10 Å². The summed E-state index contributed by atoms with van der Waals surface area (Å²) in [5, 5.41) is 8.38. The van der Waals surface area contributed by atoms with Crippen molar-refractivity contribution >= 4 is 28.3 Å². The van der Waals surface area contributed by atoms with Crippen LogP contribution in [0.4, 0.5) is 11.5 Å². The first-order valence-electron chi connectivity index (χ1n) is 9.16. The molecule has 0 bridgehead atoms. The van der Waals surface area contributed by atoms with Crippen LogP contribution in [0.1, 0.15) is 28.9 Å². The van der Waals surface area contributed by atoms with E-state index in [-0.39, 0.29) is 11.1 Å². The van der Waals surface area contributed by atoms with E-state index in [1.54, 1.807) is 17.8 Å². The third kappa shape index (κ3) is 2.89. The molecule has 27 heavy (non-hydrogen) atoms. The number of hydrogen-bond donors (Lipinski definition) is 1. The molecule has 1 aromatic carbocycles. The van der Waals surface area contributed by atoms with E-state index in [9.17, 15) is 9.59 Å². The first-order chi connectivity index (χ1) is 13.0. The summed E-state index contributed by atoms with van der Waals surface area (Å²) in [5.74, 6) is 0.372. The topological polar surface area (TPSA) is 72.2 Å². The van der Waals surface area contributed by atoms with Crippen molar-refractivity contribution in [3.8, 4) is 0 Å². The van der Waals surface area contributed by atoms with Crippen LogP contribution < -0.4 is 15.8 Å². The molecule has 1 saturated heterocycles. The molecule has 3 heterocycles. The fraction of sp³-hybridized carbons (Fsp3) is 0.350. The second kappa shape index (κ2) is 6.57. The number of pyridine rings is 1. The van der Waals surface area contributed by atoms with Gasteiger partial charge in [-0.15, -0.1) is 0 Å². The summed E-state index contributed by atoms with van der Waals surface area (Å²) in [5.41, 5.74) is 2.17. The summed E-state index contributed by atoms with van der Waals surface area (Å²) in [6.45, 7) is 3.77. The minimum absolute atomic E-state index is 0.131. The van der Waals surface area contributed by atoms with Crippen LogP contribution >= 0.6 is 0 Å². The van der Waals surface area contributed by atoms with Crippen LogP contribution in [0.5, 0.6) is 0 Å². The fourth-order valence-corrected chi connectivity index (χ4v) is 3.65. The molecule has 1 fully saturated rings. The number of aromatic nitrogens is 3. The van der Waals surface area contributed by atoms with Crippen molar-refractivity contribution in [3.63, 3.8) is 0 Å². The molecule has 0 saturated carbocycles. The van der Waals surface area contributed by atoms with Crippen LogP contribution in [0.25, 0.3) is 10.9 Å². The van der Waals surface area contributed by atoms with Crippen LogP contribution in [0, 0.1) is 6.92 Å². The SMILES string of the molecule is Cc1c(NC(=O)c2cc3ccccc3n(C)c2=O)c(N2CCCC2)nn1C. The van der Waals surface area contributed by atoms with E-state index >= 15 is 0 Å². The number of aryl methyl sites for hydroxylation is 2. The van der Waals surface area contributed by atoms with Crippen LogP contribution in [0.15, 0.2) is 35.1 Å². The standard InChI is InChI=1S/C20H23N5O2/c1-13-17(18(22-24(13)3)25-10-6-7-11-25)21-19(26)15-12-14-8-4-5-9-16(14)23(2)20(15)27/h4-5,8-9,12H,6-7,10-11H2,1-3H3,(H,21,26). The van der Waals surface area contributed by atoms with E-state index in [2.05, 4.69) is 15.3 Å². The van der Waals surface area contributed by atoms with E-state index in [1.165, 1.54) is 4.57 Å². The van der Waals surface area contributed by atoms with Gasteiger partial charge in [0, 0.05) is 27.2 Å². The lowest BCUT2D eigenvalue weighted by molar-refractivity contribution is 0.102. The monoisotopic (exact) mass is 365 g/mol. The molecule has 2 aromatic heterocycles. The number of nitrogens with one attached hydrogen (secondary N) is 1. The summed E-state index contributed by atoms with van der Waals surface area (Å²) in [7, 11) is 3.55. The Morgan fingerprint density at radius 2 is 1.85 bits per heavy atom. The summed E-state index contributed by atoms with van der Waals surface area (Å²) in [6, 6.07) is 9.20. The Kier molecular flexibility index (Phi) is 4.22. The lowest BCUT2D eigenvalue weighted by Gasteiger charge is -2.17. The van der Waals surface area contributed by atoms with Gasteiger partial charge >= 0.3 is 0 Å². The van der Waals surface area contributed by atoms with Crippen LogP contribution in [0.2, 0.25) is 0 Å². The molecule has 1 aliphatic rings. The molecular weight excluding hydrogens is 342 g/mol. The lowest BCUT2D eigenvalue weighted by atomic mass is 10.1. The largest absolute Gasteiger partial charge is 0.353 e. The Labute approximate surface area is 157 Å². The summed E-state index contributed by atoms with van der Waals surface area (Å²) >= 11 is 0. The smallest absolute Gasteiger partial charge is 0.263 e. The second-order valence-electron chi connectivity index (χ2n) is 7.04. The Morgan fingerprint density at radius 3 is 2.59 bits per heavy atom. The molecule has 1 N–H and O–H groups in total. The van der Waals surface area contributed by atoms with Gasteiger partial charge in [-0.1, -0.05) is 18.2 Å². The zero-order valence-corrected chi connectivity index (χ0v) is 15.8. The molecule has 0 unspecified atom stereocenters. The molecule has 0 atom stereocenters. The zero-order valence-electron chi connectivity index (χ0n) is 15.8. The second-order valence-corrected chi connectivity index (χ2v) is 7.04. The lowest BCUT2D eigenvalue weighted by Crippen LogP contribution is -2.28. The number of para-hydroxylation sites is 1. The van der Waals surface area contributed by atoms with Gasteiger partial charge in [0.1, 0.15) is 11.3 Å². The predicted octanol–water partition coefficient (Wildman–Crippen LogP) is 2.43.